The van der Waals surface area contributed by atoms with E-state index in [-0.39, 0.29) is 5.91 Å². The van der Waals surface area contributed by atoms with Crippen molar-refractivity contribution in [3.05, 3.63) is 64.2 Å². The molecular weight excluding hydrogens is 286 g/mol. The molecule has 5 heteroatoms. The molecular formula is C16H14ClN3O. The van der Waals surface area contributed by atoms with Crippen LogP contribution in [0.5, 0.6) is 0 Å². The summed E-state index contributed by atoms with van der Waals surface area (Å²) in [5.74, 6) is -0.203. The number of rotatable bonds is 4. The third kappa shape index (κ3) is 3.74. The zero-order valence-corrected chi connectivity index (χ0v) is 12.2. The minimum atomic E-state index is -0.203. The standard InChI is InChI=1S/C16H14ClN3O/c1-19-15-7-6-13(17)8-14(15)16(21)20-10-12-4-2-11(9-18)3-5-12/h2-8,19H,10H2,1H3,(H,20,21). The summed E-state index contributed by atoms with van der Waals surface area (Å²) in [6.07, 6.45) is 0. The average Bonchev–Trinajstić information content (AvgIpc) is 2.53. The number of carbonyl (C=O) groups is 1. The summed E-state index contributed by atoms with van der Waals surface area (Å²) in [5, 5.41) is 15.0. The van der Waals surface area contributed by atoms with Gasteiger partial charge in [0.25, 0.3) is 5.91 Å². The second kappa shape index (κ2) is 6.78. The Labute approximate surface area is 128 Å². The Balaban J connectivity index is 2.08. The molecule has 0 aromatic heterocycles. The van der Waals surface area contributed by atoms with Crippen LogP contribution in [0.25, 0.3) is 0 Å². The van der Waals surface area contributed by atoms with Gasteiger partial charge in [-0.05, 0) is 35.9 Å². The Morgan fingerprint density at radius 3 is 2.57 bits per heavy atom. The number of halogens is 1. The van der Waals surface area contributed by atoms with Crippen LogP contribution in [0.15, 0.2) is 42.5 Å². The molecule has 0 unspecified atom stereocenters. The van der Waals surface area contributed by atoms with Crippen molar-refractivity contribution < 1.29 is 4.79 Å². The Morgan fingerprint density at radius 1 is 1.24 bits per heavy atom. The van der Waals surface area contributed by atoms with Gasteiger partial charge in [-0.3, -0.25) is 4.79 Å². The number of nitrogens with zero attached hydrogens (tertiary/aromatic N) is 1. The number of carbonyl (C=O) groups excluding carboxylic acids is 1. The molecule has 106 valence electrons. The maximum Gasteiger partial charge on any atom is 0.253 e. The van der Waals surface area contributed by atoms with E-state index in [9.17, 15) is 4.79 Å². The van der Waals surface area contributed by atoms with Gasteiger partial charge in [0.05, 0.1) is 17.2 Å². The number of nitrogens with one attached hydrogen (secondary N) is 2. The van der Waals surface area contributed by atoms with Crippen LogP contribution in [0.2, 0.25) is 5.02 Å². The van der Waals surface area contributed by atoms with E-state index in [2.05, 4.69) is 16.7 Å². The molecule has 0 saturated heterocycles. The molecule has 0 bridgehead atoms. The van der Waals surface area contributed by atoms with E-state index in [0.29, 0.717) is 22.7 Å². The summed E-state index contributed by atoms with van der Waals surface area (Å²) in [6, 6.07) is 14.2. The average molecular weight is 300 g/mol. The molecule has 2 rings (SSSR count). The van der Waals surface area contributed by atoms with Crippen molar-refractivity contribution in [3.63, 3.8) is 0 Å². The second-order valence-electron chi connectivity index (χ2n) is 4.43. The largest absolute Gasteiger partial charge is 0.387 e. The highest BCUT2D eigenvalue weighted by Crippen LogP contribution is 2.20. The molecule has 4 nitrogen and oxygen atoms in total. The highest BCUT2D eigenvalue weighted by molar-refractivity contribution is 6.31. The lowest BCUT2D eigenvalue weighted by Crippen LogP contribution is -2.23. The van der Waals surface area contributed by atoms with Crippen LogP contribution in [0.4, 0.5) is 5.69 Å². The Kier molecular flexibility index (Phi) is 4.81. The summed E-state index contributed by atoms with van der Waals surface area (Å²) in [4.78, 5) is 12.2. The number of amides is 1. The van der Waals surface area contributed by atoms with E-state index in [1.54, 1.807) is 37.4 Å². The third-order valence-corrected chi connectivity index (χ3v) is 3.27. The molecule has 2 N–H and O–H groups in total. The van der Waals surface area contributed by atoms with E-state index < -0.39 is 0 Å². The monoisotopic (exact) mass is 299 g/mol. The van der Waals surface area contributed by atoms with Gasteiger partial charge in [-0.25, -0.2) is 0 Å². The van der Waals surface area contributed by atoms with Crippen molar-refractivity contribution >= 4 is 23.2 Å². The van der Waals surface area contributed by atoms with Crippen LogP contribution >= 0.6 is 11.6 Å². The molecule has 0 aliphatic rings. The molecule has 0 spiro atoms. The van der Waals surface area contributed by atoms with E-state index >= 15 is 0 Å². The van der Waals surface area contributed by atoms with Gasteiger partial charge in [-0.1, -0.05) is 23.7 Å². The van der Waals surface area contributed by atoms with E-state index in [1.807, 2.05) is 12.1 Å². The second-order valence-corrected chi connectivity index (χ2v) is 4.87. The molecule has 0 aliphatic heterocycles. The van der Waals surface area contributed by atoms with Gasteiger partial charge < -0.3 is 10.6 Å². The molecule has 0 aliphatic carbocycles. The first-order chi connectivity index (χ1) is 10.1. The van der Waals surface area contributed by atoms with Crippen LogP contribution in [0.3, 0.4) is 0 Å². The molecule has 0 radical (unpaired) electrons. The molecule has 0 fully saturated rings. The van der Waals surface area contributed by atoms with E-state index in [4.69, 9.17) is 16.9 Å². The SMILES string of the molecule is CNc1ccc(Cl)cc1C(=O)NCc1ccc(C#N)cc1. The van der Waals surface area contributed by atoms with Crippen molar-refractivity contribution in [2.75, 3.05) is 12.4 Å². The first-order valence-electron chi connectivity index (χ1n) is 6.38. The minimum absolute atomic E-state index is 0.203. The predicted octanol–water partition coefficient (Wildman–Crippen LogP) is 3.18. The van der Waals surface area contributed by atoms with Gasteiger partial charge in [-0.15, -0.1) is 0 Å². The Hall–Kier alpha value is -2.51. The maximum absolute atomic E-state index is 12.2. The summed E-state index contributed by atoms with van der Waals surface area (Å²) in [6.45, 7) is 0.389. The molecule has 1 amide bonds. The van der Waals surface area contributed by atoms with Crippen molar-refractivity contribution in [2.45, 2.75) is 6.54 Å². The van der Waals surface area contributed by atoms with Crippen molar-refractivity contribution in [1.82, 2.24) is 5.32 Å². The van der Waals surface area contributed by atoms with Crippen molar-refractivity contribution in [2.24, 2.45) is 0 Å². The summed E-state index contributed by atoms with van der Waals surface area (Å²) < 4.78 is 0. The van der Waals surface area contributed by atoms with Gasteiger partial charge in [0.2, 0.25) is 0 Å². The quantitative estimate of drug-likeness (QED) is 0.911. The van der Waals surface area contributed by atoms with Gasteiger partial charge in [0, 0.05) is 24.3 Å². The maximum atomic E-state index is 12.2. The van der Waals surface area contributed by atoms with Crippen LogP contribution in [-0.2, 0) is 6.54 Å². The normalized spacial score (nSPS) is 9.76. The fourth-order valence-electron chi connectivity index (χ4n) is 1.90. The number of nitriles is 1. The molecule has 0 heterocycles. The van der Waals surface area contributed by atoms with Gasteiger partial charge in [0.1, 0.15) is 0 Å². The lowest BCUT2D eigenvalue weighted by molar-refractivity contribution is 0.0951. The van der Waals surface area contributed by atoms with Gasteiger partial charge in [0.15, 0.2) is 0 Å². The number of hydrogen-bond acceptors (Lipinski definition) is 3. The van der Waals surface area contributed by atoms with Gasteiger partial charge in [-0.2, -0.15) is 5.26 Å². The van der Waals surface area contributed by atoms with Crippen LogP contribution in [0, 0.1) is 11.3 Å². The smallest absolute Gasteiger partial charge is 0.253 e. The Morgan fingerprint density at radius 2 is 1.95 bits per heavy atom. The molecule has 2 aromatic carbocycles. The number of hydrogen-bond donors (Lipinski definition) is 2. The van der Waals surface area contributed by atoms with Crippen LogP contribution in [-0.4, -0.2) is 13.0 Å². The topological polar surface area (TPSA) is 64.9 Å². The highest BCUT2D eigenvalue weighted by atomic mass is 35.5. The summed E-state index contributed by atoms with van der Waals surface area (Å²) in [5.41, 5.74) is 2.74. The van der Waals surface area contributed by atoms with E-state index in [0.717, 1.165) is 11.3 Å². The summed E-state index contributed by atoms with van der Waals surface area (Å²) in [7, 11) is 1.75. The lowest BCUT2D eigenvalue weighted by Gasteiger charge is -2.10. The van der Waals surface area contributed by atoms with Crippen molar-refractivity contribution in [3.8, 4) is 6.07 Å². The molecule has 21 heavy (non-hydrogen) atoms. The highest BCUT2D eigenvalue weighted by Gasteiger charge is 2.11. The lowest BCUT2D eigenvalue weighted by atomic mass is 10.1. The summed E-state index contributed by atoms with van der Waals surface area (Å²) >= 11 is 5.93. The first kappa shape index (κ1) is 14.9. The zero-order valence-electron chi connectivity index (χ0n) is 11.5. The van der Waals surface area contributed by atoms with Gasteiger partial charge >= 0.3 is 0 Å². The first-order valence-corrected chi connectivity index (χ1v) is 6.76. The van der Waals surface area contributed by atoms with Crippen molar-refractivity contribution in [1.29, 1.82) is 5.26 Å². The fourth-order valence-corrected chi connectivity index (χ4v) is 2.07. The predicted molar refractivity (Wildman–Crippen MR) is 83.3 cm³/mol. The van der Waals surface area contributed by atoms with Crippen LogP contribution in [0.1, 0.15) is 21.5 Å². The fraction of sp³-hybridized carbons (Fsp3) is 0.125. The Bertz CT molecular complexity index is 690. The number of anilines is 1. The molecule has 2 aromatic rings. The third-order valence-electron chi connectivity index (χ3n) is 3.03. The van der Waals surface area contributed by atoms with Crippen LogP contribution < -0.4 is 10.6 Å². The minimum Gasteiger partial charge on any atom is -0.387 e. The van der Waals surface area contributed by atoms with E-state index in [1.165, 1.54) is 0 Å². The zero-order chi connectivity index (χ0) is 15.2. The molecule has 0 saturated carbocycles. The molecule has 0 atom stereocenters. The number of benzene rings is 2.